The van der Waals surface area contributed by atoms with E-state index in [2.05, 4.69) is 15.8 Å². The first kappa shape index (κ1) is 25.4. The van der Waals surface area contributed by atoms with Gasteiger partial charge in [-0.2, -0.15) is 0 Å². The summed E-state index contributed by atoms with van der Waals surface area (Å²) in [5, 5.41) is 20.4. The van der Waals surface area contributed by atoms with Crippen molar-refractivity contribution in [3.05, 3.63) is 41.3 Å². The smallest absolute Gasteiger partial charge is 0.409 e. The predicted molar refractivity (Wildman–Crippen MR) is 134 cm³/mol. The van der Waals surface area contributed by atoms with Crippen LogP contribution >= 0.6 is 0 Å². The van der Waals surface area contributed by atoms with Crippen molar-refractivity contribution < 1.29 is 23.9 Å². The molecule has 192 valence electrons. The number of amides is 1. The second-order valence-corrected chi connectivity index (χ2v) is 8.84. The van der Waals surface area contributed by atoms with Crippen LogP contribution in [0.15, 0.2) is 28.8 Å². The van der Waals surface area contributed by atoms with Crippen LogP contribution in [0.3, 0.4) is 0 Å². The number of aliphatic hydroxyl groups is 1. The van der Waals surface area contributed by atoms with Crippen molar-refractivity contribution in [1.29, 1.82) is 0 Å². The van der Waals surface area contributed by atoms with Gasteiger partial charge in [0.1, 0.15) is 30.0 Å². The Morgan fingerprint density at radius 1 is 1.28 bits per heavy atom. The number of likely N-dealkylation sites (N-methyl/N-ethyl adjacent to an activating group) is 1. The maximum atomic E-state index is 11.7. The summed E-state index contributed by atoms with van der Waals surface area (Å²) in [5.74, 6) is 2.44. The molecule has 1 saturated heterocycles. The number of methoxy groups -OCH3 is 1. The Balaban J connectivity index is 1.67. The predicted octanol–water partition coefficient (Wildman–Crippen LogP) is 2.55. The van der Waals surface area contributed by atoms with Gasteiger partial charge in [0.2, 0.25) is 0 Å². The average Bonchev–Trinajstić information content (AvgIpc) is 3.18. The summed E-state index contributed by atoms with van der Waals surface area (Å²) in [6.45, 7) is 7.32. The molecule has 0 saturated carbocycles. The number of rotatable bonds is 9. The van der Waals surface area contributed by atoms with E-state index in [4.69, 9.17) is 24.0 Å². The van der Waals surface area contributed by atoms with E-state index < -0.39 is 6.10 Å². The van der Waals surface area contributed by atoms with E-state index in [1.807, 2.05) is 45.0 Å². The Bertz CT molecular complexity index is 1200. The number of nitrogens with zero attached hydrogens (tertiary/aromatic N) is 4. The number of aryl methyl sites for hydroxylation is 2. The summed E-state index contributed by atoms with van der Waals surface area (Å²) in [6, 6.07) is 7.48. The summed E-state index contributed by atoms with van der Waals surface area (Å²) >= 11 is 0. The number of aliphatic hydroxyl groups excluding tert-OH is 1. The van der Waals surface area contributed by atoms with Crippen molar-refractivity contribution in [2.75, 3.05) is 45.7 Å². The van der Waals surface area contributed by atoms with E-state index in [0.29, 0.717) is 42.8 Å². The van der Waals surface area contributed by atoms with Gasteiger partial charge in [-0.3, -0.25) is 0 Å². The fourth-order valence-corrected chi connectivity index (χ4v) is 4.10. The highest BCUT2D eigenvalue weighted by Gasteiger charge is 2.32. The Morgan fingerprint density at radius 3 is 2.72 bits per heavy atom. The number of likely N-dealkylation sites (tertiary alicyclic amines) is 1. The number of ether oxygens (including phenoxy) is 2. The molecule has 1 fully saturated rings. The largest absolute Gasteiger partial charge is 0.491 e. The average molecular weight is 497 g/mol. The molecule has 0 spiro atoms. The first-order valence-corrected chi connectivity index (χ1v) is 11.8. The lowest BCUT2D eigenvalue weighted by molar-refractivity contribution is 0.0929. The molecule has 3 heterocycles. The molecule has 1 atom stereocenters. The van der Waals surface area contributed by atoms with Crippen molar-refractivity contribution in [2.24, 2.45) is 0 Å². The Kier molecular flexibility index (Phi) is 7.70. The first-order chi connectivity index (χ1) is 17.3. The summed E-state index contributed by atoms with van der Waals surface area (Å²) in [5.41, 5.74) is 3.90. The number of hydrogen-bond acceptors (Lipinski definition) is 10. The Hall–Kier alpha value is -3.70. The Morgan fingerprint density at radius 2 is 2.06 bits per heavy atom. The molecule has 1 aliphatic rings. The maximum Gasteiger partial charge on any atom is 0.409 e. The summed E-state index contributed by atoms with van der Waals surface area (Å²) < 4.78 is 16.0. The lowest BCUT2D eigenvalue weighted by Crippen LogP contribution is -2.57. The minimum atomic E-state index is -0.622. The van der Waals surface area contributed by atoms with Crippen LogP contribution in [0, 0.1) is 20.8 Å². The van der Waals surface area contributed by atoms with E-state index in [0.717, 1.165) is 28.1 Å². The molecule has 1 amide bonds. The van der Waals surface area contributed by atoms with Crippen LogP contribution in [0.2, 0.25) is 0 Å². The second kappa shape index (κ2) is 10.9. The zero-order valence-corrected chi connectivity index (χ0v) is 21.2. The SMILES string of the molecule is CNCC(O)COc1cccc(-c2nc(NC3CN(C(=O)OC)C3)c(C)c(-c3c(C)noc3C)n2)c1. The number of benzene rings is 1. The Labute approximate surface area is 209 Å². The number of carbonyl (C=O) groups excluding carboxylic acids is 1. The molecule has 3 aromatic rings. The quantitative estimate of drug-likeness (QED) is 0.406. The third-order valence-electron chi connectivity index (χ3n) is 6.05. The van der Waals surface area contributed by atoms with Crippen LogP contribution in [0.1, 0.15) is 17.0 Å². The van der Waals surface area contributed by atoms with Crippen molar-refractivity contribution in [3.63, 3.8) is 0 Å². The molecule has 3 N–H and O–H groups in total. The normalized spacial score (nSPS) is 14.3. The third-order valence-corrected chi connectivity index (χ3v) is 6.05. The van der Waals surface area contributed by atoms with Crippen LogP contribution in [0.25, 0.3) is 22.6 Å². The van der Waals surface area contributed by atoms with Crippen LogP contribution in [-0.2, 0) is 4.74 Å². The van der Waals surface area contributed by atoms with Crippen LogP contribution in [-0.4, -0.2) is 83.8 Å². The molecule has 1 aliphatic heterocycles. The first-order valence-electron chi connectivity index (χ1n) is 11.8. The van der Waals surface area contributed by atoms with E-state index in [1.165, 1.54) is 7.11 Å². The van der Waals surface area contributed by atoms with Crippen molar-refractivity contribution in [3.8, 4) is 28.4 Å². The van der Waals surface area contributed by atoms with Gasteiger partial charge in [0.25, 0.3) is 0 Å². The molecule has 11 heteroatoms. The minimum Gasteiger partial charge on any atom is -0.491 e. The van der Waals surface area contributed by atoms with Crippen molar-refractivity contribution in [1.82, 2.24) is 25.3 Å². The van der Waals surface area contributed by atoms with Gasteiger partial charge in [-0.1, -0.05) is 17.3 Å². The topological polar surface area (TPSA) is 135 Å². The lowest BCUT2D eigenvalue weighted by Gasteiger charge is -2.38. The highest BCUT2D eigenvalue weighted by molar-refractivity contribution is 5.75. The highest BCUT2D eigenvalue weighted by Crippen LogP contribution is 2.34. The minimum absolute atomic E-state index is 0.0337. The van der Waals surface area contributed by atoms with Gasteiger partial charge < -0.3 is 34.6 Å². The van der Waals surface area contributed by atoms with Gasteiger partial charge in [-0.15, -0.1) is 0 Å². The van der Waals surface area contributed by atoms with Gasteiger partial charge >= 0.3 is 6.09 Å². The van der Waals surface area contributed by atoms with Gasteiger partial charge in [-0.05, 0) is 40.0 Å². The molecule has 1 unspecified atom stereocenters. The standard InChI is InChI=1S/C25H32N6O5/c1-14-22(21-15(2)30-36-16(21)3)28-24(29-23(14)27-18-11-31(12-18)25(33)34-5)17-7-6-8-20(9-17)35-13-19(32)10-26-4/h6-9,18-19,26,32H,10-13H2,1-5H3,(H,27,28,29). The second-order valence-electron chi connectivity index (χ2n) is 8.84. The fourth-order valence-electron chi connectivity index (χ4n) is 4.10. The fraction of sp³-hybridized carbons (Fsp3) is 0.440. The third kappa shape index (κ3) is 5.42. The molecule has 2 aromatic heterocycles. The summed E-state index contributed by atoms with van der Waals surface area (Å²) in [7, 11) is 3.15. The van der Waals surface area contributed by atoms with Gasteiger partial charge in [0.15, 0.2) is 5.82 Å². The molecule has 11 nitrogen and oxygen atoms in total. The van der Waals surface area contributed by atoms with Gasteiger partial charge in [0, 0.05) is 30.8 Å². The molecule has 0 aliphatic carbocycles. The number of hydrogen-bond donors (Lipinski definition) is 3. The molecule has 0 bridgehead atoms. The molecular formula is C25H32N6O5. The number of nitrogens with one attached hydrogen (secondary N) is 2. The van der Waals surface area contributed by atoms with Gasteiger partial charge in [0.05, 0.1) is 30.1 Å². The van der Waals surface area contributed by atoms with Gasteiger partial charge in [-0.25, -0.2) is 14.8 Å². The maximum absolute atomic E-state index is 11.7. The van der Waals surface area contributed by atoms with E-state index in [-0.39, 0.29) is 18.7 Å². The van der Waals surface area contributed by atoms with Crippen molar-refractivity contribution in [2.45, 2.75) is 32.9 Å². The van der Waals surface area contributed by atoms with Crippen molar-refractivity contribution >= 4 is 11.9 Å². The number of carbonyl (C=O) groups is 1. The van der Waals surface area contributed by atoms with E-state index in [9.17, 15) is 9.90 Å². The number of aromatic nitrogens is 3. The van der Waals surface area contributed by atoms with Crippen LogP contribution in [0.5, 0.6) is 5.75 Å². The molecule has 36 heavy (non-hydrogen) atoms. The van der Waals surface area contributed by atoms with E-state index >= 15 is 0 Å². The molecule has 4 rings (SSSR count). The van der Waals surface area contributed by atoms with E-state index in [1.54, 1.807) is 11.9 Å². The number of anilines is 1. The van der Waals surface area contributed by atoms with Crippen LogP contribution in [0.4, 0.5) is 10.6 Å². The van der Waals surface area contributed by atoms with Crippen LogP contribution < -0.4 is 15.4 Å². The summed E-state index contributed by atoms with van der Waals surface area (Å²) in [6.07, 6.45) is -0.968. The molecule has 0 radical (unpaired) electrons. The monoisotopic (exact) mass is 496 g/mol. The zero-order valence-electron chi connectivity index (χ0n) is 21.2. The molecule has 1 aromatic carbocycles. The summed E-state index contributed by atoms with van der Waals surface area (Å²) in [4.78, 5) is 23.1. The zero-order chi connectivity index (χ0) is 25.8. The highest BCUT2D eigenvalue weighted by atomic mass is 16.5. The lowest BCUT2D eigenvalue weighted by atomic mass is 10.0. The molecular weight excluding hydrogens is 464 g/mol.